The minimum Gasteiger partial charge on any atom is -0.481 e. The summed E-state index contributed by atoms with van der Waals surface area (Å²) in [6.45, 7) is 4.78. The first-order valence-corrected chi connectivity index (χ1v) is 18.7. The Morgan fingerprint density at radius 2 is 0.837 bits per heavy atom. The van der Waals surface area contributed by atoms with Crippen LogP contribution >= 0.6 is 0 Å². The molecule has 6 heteroatoms. The molecule has 254 valence electrons. The van der Waals surface area contributed by atoms with E-state index >= 15 is 0 Å². The van der Waals surface area contributed by atoms with Crippen molar-refractivity contribution in [1.29, 1.82) is 0 Å². The van der Waals surface area contributed by atoms with Crippen LogP contribution in [0.2, 0.25) is 0 Å². The number of nitrogens with one attached hydrogen (secondary N) is 1. The summed E-state index contributed by atoms with van der Waals surface area (Å²) in [5, 5.41) is 11.8. The van der Waals surface area contributed by atoms with E-state index in [-0.39, 0.29) is 12.5 Å². The van der Waals surface area contributed by atoms with Gasteiger partial charge in [-0.15, -0.1) is 0 Å². The van der Waals surface area contributed by atoms with Gasteiger partial charge in [-0.2, -0.15) is 0 Å². The van der Waals surface area contributed by atoms with Crippen LogP contribution in [0.5, 0.6) is 0 Å². The van der Waals surface area contributed by atoms with Crippen molar-refractivity contribution in [3.8, 4) is 0 Å². The molecule has 1 amide bonds. The Bertz CT molecular complexity index is 638. The summed E-state index contributed by atoms with van der Waals surface area (Å²) in [5.74, 6) is -2.02. The molecule has 0 fully saturated rings. The van der Waals surface area contributed by atoms with Gasteiger partial charge in [0.15, 0.2) is 0 Å². The van der Waals surface area contributed by atoms with Gasteiger partial charge in [0, 0.05) is 6.42 Å². The summed E-state index contributed by atoms with van der Waals surface area (Å²) >= 11 is 0. The van der Waals surface area contributed by atoms with Gasteiger partial charge >= 0.3 is 11.9 Å². The average molecular weight is 610 g/mol. The molecule has 0 aliphatic rings. The summed E-state index contributed by atoms with van der Waals surface area (Å²) in [5.41, 5.74) is 0. The molecule has 0 bridgehead atoms. The third kappa shape index (κ3) is 31.6. The van der Waals surface area contributed by atoms with Crippen molar-refractivity contribution in [2.75, 3.05) is 6.61 Å². The molecule has 43 heavy (non-hydrogen) atoms. The van der Waals surface area contributed by atoms with E-state index in [1.807, 2.05) is 0 Å². The largest absolute Gasteiger partial charge is 0.481 e. The van der Waals surface area contributed by atoms with Crippen molar-refractivity contribution in [3.05, 3.63) is 0 Å². The molecule has 0 aromatic heterocycles. The molecule has 0 saturated heterocycles. The summed E-state index contributed by atoms with van der Waals surface area (Å²) in [6, 6.07) is -1.11. The molecule has 0 rings (SSSR count). The van der Waals surface area contributed by atoms with E-state index in [1.54, 1.807) is 0 Å². The number of unbranched alkanes of at least 4 members (excludes halogenated alkanes) is 26. The van der Waals surface area contributed by atoms with Crippen molar-refractivity contribution in [2.24, 2.45) is 0 Å². The lowest BCUT2D eigenvalue weighted by atomic mass is 10.0. The molecule has 0 aliphatic carbocycles. The highest BCUT2D eigenvalue weighted by Crippen LogP contribution is 2.15. The Hall–Kier alpha value is -1.59. The summed E-state index contributed by atoms with van der Waals surface area (Å²) in [7, 11) is 0. The van der Waals surface area contributed by atoms with E-state index < -0.39 is 24.4 Å². The third-order valence-corrected chi connectivity index (χ3v) is 8.50. The van der Waals surface area contributed by atoms with Crippen molar-refractivity contribution < 1.29 is 24.2 Å². The highest BCUT2D eigenvalue weighted by molar-refractivity contribution is 5.87. The standard InChI is InChI=1S/C37H71NO5/c1-3-5-7-9-11-13-15-16-17-18-19-20-21-22-24-26-28-30-32-43-37(42)34(33-36(40)41)38-35(39)31-29-27-25-23-14-12-10-8-6-4-2/h34H,3-33H2,1-2H3,(H,38,39)(H,40,41)/t34-/m0/s1. The number of carboxylic acids is 1. The van der Waals surface area contributed by atoms with Gasteiger partial charge in [-0.25, -0.2) is 4.79 Å². The first-order valence-electron chi connectivity index (χ1n) is 18.7. The predicted octanol–water partition coefficient (Wildman–Crippen LogP) is 10.8. The molecule has 1 atom stereocenters. The zero-order valence-electron chi connectivity index (χ0n) is 28.6. The first-order chi connectivity index (χ1) is 21.0. The van der Waals surface area contributed by atoms with Gasteiger partial charge in [-0.1, -0.05) is 181 Å². The summed E-state index contributed by atoms with van der Waals surface area (Å²) in [4.78, 5) is 36.0. The highest BCUT2D eigenvalue weighted by Gasteiger charge is 2.25. The van der Waals surface area contributed by atoms with Crippen LogP contribution in [0.25, 0.3) is 0 Å². The second-order valence-corrected chi connectivity index (χ2v) is 12.8. The number of rotatable bonds is 34. The van der Waals surface area contributed by atoms with Crippen LogP contribution < -0.4 is 5.32 Å². The van der Waals surface area contributed by atoms with E-state index in [9.17, 15) is 19.5 Å². The van der Waals surface area contributed by atoms with E-state index in [1.165, 1.54) is 141 Å². The molecule has 0 unspecified atom stereocenters. The van der Waals surface area contributed by atoms with Crippen LogP contribution in [0.1, 0.15) is 206 Å². The number of hydrogen-bond acceptors (Lipinski definition) is 4. The van der Waals surface area contributed by atoms with Crippen LogP contribution in [-0.4, -0.2) is 35.6 Å². The normalized spacial score (nSPS) is 11.9. The lowest BCUT2D eigenvalue weighted by molar-refractivity contribution is -0.151. The fourth-order valence-electron chi connectivity index (χ4n) is 5.68. The fourth-order valence-corrected chi connectivity index (χ4v) is 5.68. The van der Waals surface area contributed by atoms with Gasteiger partial charge in [0.1, 0.15) is 6.04 Å². The predicted molar refractivity (Wildman–Crippen MR) is 180 cm³/mol. The van der Waals surface area contributed by atoms with Gasteiger partial charge in [0.2, 0.25) is 5.91 Å². The summed E-state index contributed by atoms with van der Waals surface area (Å²) < 4.78 is 5.32. The van der Waals surface area contributed by atoms with Gasteiger partial charge < -0.3 is 15.2 Å². The second-order valence-electron chi connectivity index (χ2n) is 12.8. The smallest absolute Gasteiger partial charge is 0.329 e. The number of hydrogen-bond donors (Lipinski definition) is 2. The average Bonchev–Trinajstić information content (AvgIpc) is 2.98. The van der Waals surface area contributed by atoms with Crippen LogP contribution in [0.4, 0.5) is 0 Å². The SMILES string of the molecule is CCCCCCCCCCCCCCCCCCCCOC(=O)[C@H](CC(=O)O)NC(=O)CCCCCCCCCCCC. The quantitative estimate of drug-likeness (QED) is 0.0559. The number of amides is 1. The fraction of sp³-hybridized carbons (Fsp3) is 0.919. The molecule has 0 spiro atoms. The number of carbonyl (C=O) groups excluding carboxylic acids is 2. The molecular weight excluding hydrogens is 538 g/mol. The molecule has 0 aromatic rings. The lowest BCUT2D eigenvalue weighted by Crippen LogP contribution is -2.43. The molecule has 0 saturated carbocycles. The van der Waals surface area contributed by atoms with Crippen LogP contribution in [-0.2, 0) is 19.1 Å². The molecule has 0 radical (unpaired) electrons. The van der Waals surface area contributed by atoms with Crippen molar-refractivity contribution >= 4 is 17.8 Å². The molecule has 0 heterocycles. The van der Waals surface area contributed by atoms with E-state index in [2.05, 4.69) is 19.2 Å². The molecular formula is C37H71NO5. The topological polar surface area (TPSA) is 92.7 Å². The minimum atomic E-state index is -1.12. The van der Waals surface area contributed by atoms with E-state index in [0.717, 1.165) is 38.5 Å². The number of carboxylic acid groups (broad SMARTS) is 1. The van der Waals surface area contributed by atoms with Crippen LogP contribution in [0.3, 0.4) is 0 Å². The van der Waals surface area contributed by atoms with Gasteiger partial charge in [0.25, 0.3) is 0 Å². The Morgan fingerprint density at radius 1 is 0.512 bits per heavy atom. The zero-order valence-corrected chi connectivity index (χ0v) is 28.6. The maximum absolute atomic E-state index is 12.4. The lowest BCUT2D eigenvalue weighted by Gasteiger charge is -2.16. The van der Waals surface area contributed by atoms with Crippen LogP contribution in [0.15, 0.2) is 0 Å². The van der Waals surface area contributed by atoms with Crippen LogP contribution in [0, 0.1) is 0 Å². The maximum atomic E-state index is 12.4. The van der Waals surface area contributed by atoms with E-state index in [4.69, 9.17) is 4.74 Å². The van der Waals surface area contributed by atoms with Gasteiger partial charge in [-0.05, 0) is 12.8 Å². The van der Waals surface area contributed by atoms with E-state index in [0.29, 0.717) is 6.42 Å². The van der Waals surface area contributed by atoms with Crippen molar-refractivity contribution in [1.82, 2.24) is 5.32 Å². The second kappa shape index (κ2) is 33.3. The third-order valence-electron chi connectivity index (χ3n) is 8.50. The monoisotopic (exact) mass is 610 g/mol. The number of carbonyl (C=O) groups is 3. The van der Waals surface area contributed by atoms with Gasteiger partial charge in [0.05, 0.1) is 13.0 Å². The zero-order chi connectivity index (χ0) is 31.6. The van der Waals surface area contributed by atoms with Crippen molar-refractivity contribution in [3.63, 3.8) is 0 Å². The summed E-state index contributed by atoms with van der Waals surface area (Å²) in [6.07, 6.45) is 35.1. The Kier molecular flexibility index (Phi) is 32.1. The highest BCUT2D eigenvalue weighted by atomic mass is 16.5. The molecule has 0 aromatic carbocycles. The minimum absolute atomic E-state index is 0.268. The molecule has 6 nitrogen and oxygen atoms in total. The Morgan fingerprint density at radius 3 is 1.19 bits per heavy atom. The molecule has 2 N–H and O–H groups in total. The molecule has 0 aliphatic heterocycles. The number of aliphatic carboxylic acids is 1. The number of esters is 1. The Labute approximate surface area is 266 Å². The van der Waals surface area contributed by atoms with Gasteiger partial charge in [-0.3, -0.25) is 9.59 Å². The first kappa shape index (κ1) is 41.4. The maximum Gasteiger partial charge on any atom is 0.329 e. The van der Waals surface area contributed by atoms with Crippen molar-refractivity contribution in [2.45, 2.75) is 213 Å². The number of ether oxygens (including phenoxy) is 1. The Balaban J connectivity index is 3.70.